The lowest BCUT2D eigenvalue weighted by atomic mass is 10.1. The fraction of sp³-hybridized carbons (Fsp3) is 0.278. The van der Waals surface area contributed by atoms with Gasteiger partial charge < -0.3 is 19.6 Å². The molecule has 0 heterocycles. The van der Waals surface area contributed by atoms with Crippen molar-refractivity contribution >= 4 is 5.71 Å². The van der Waals surface area contributed by atoms with Crippen molar-refractivity contribution < 1.29 is 14.2 Å². The van der Waals surface area contributed by atoms with E-state index in [2.05, 4.69) is 10.5 Å². The largest absolute Gasteiger partial charge is 0.497 e. The van der Waals surface area contributed by atoms with Crippen LogP contribution in [0, 0.1) is 0 Å². The second-order valence-electron chi connectivity index (χ2n) is 4.95. The summed E-state index contributed by atoms with van der Waals surface area (Å²) in [7, 11) is 4.90. The lowest BCUT2D eigenvalue weighted by Crippen LogP contribution is -2.09. The van der Waals surface area contributed by atoms with Gasteiger partial charge in [-0.15, -0.1) is 0 Å². The topological polar surface area (TPSA) is 52.1 Å². The molecule has 2 aromatic carbocycles. The van der Waals surface area contributed by atoms with Crippen LogP contribution >= 0.6 is 0 Å². The van der Waals surface area contributed by atoms with Gasteiger partial charge in [-0.3, -0.25) is 0 Å². The summed E-state index contributed by atoms with van der Waals surface area (Å²) in [5, 5.41) is 4.40. The number of benzene rings is 2. The zero-order chi connectivity index (χ0) is 16.7. The Balaban J connectivity index is 1.99. The molecule has 0 fully saturated rings. The average Bonchev–Trinajstić information content (AvgIpc) is 2.61. The van der Waals surface area contributed by atoms with Crippen molar-refractivity contribution in [2.24, 2.45) is 5.10 Å². The molecule has 0 aliphatic rings. The minimum absolute atomic E-state index is 0.605. The van der Waals surface area contributed by atoms with Crippen molar-refractivity contribution in [2.75, 3.05) is 21.3 Å². The molecule has 0 amide bonds. The number of hydrazone groups is 1. The second kappa shape index (κ2) is 8.08. The Hall–Kier alpha value is -2.69. The fourth-order valence-electron chi connectivity index (χ4n) is 2.14. The first-order valence-electron chi connectivity index (χ1n) is 7.30. The van der Waals surface area contributed by atoms with Crippen molar-refractivity contribution in [3.05, 3.63) is 53.6 Å². The molecule has 122 valence electrons. The van der Waals surface area contributed by atoms with Gasteiger partial charge in [0.05, 0.1) is 33.6 Å². The van der Waals surface area contributed by atoms with Gasteiger partial charge in [-0.05, 0) is 54.4 Å². The van der Waals surface area contributed by atoms with Crippen LogP contribution in [0.4, 0.5) is 0 Å². The third-order valence-electron chi connectivity index (χ3n) is 3.49. The maximum atomic E-state index is 5.29. The van der Waals surface area contributed by atoms with Crippen LogP contribution in [0.25, 0.3) is 0 Å². The van der Waals surface area contributed by atoms with Crippen LogP contribution in [0.2, 0.25) is 0 Å². The lowest BCUT2D eigenvalue weighted by molar-refractivity contribution is 0.354. The molecule has 2 rings (SSSR count). The number of methoxy groups -OCH3 is 3. The van der Waals surface area contributed by atoms with E-state index in [9.17, 15) is 0 Å². The fourth-order valence-corrected chi connectivity index (χ4v) is 2.14. The van der Waals surface area contributed by atoms with Crippen LogP contribution < -0.4 is 19.6 Å². The average molecular weight is 314 g/mol. The summed E-state index contributed by atoms with van der Waals surface area (Å²) in [6, 6.07) is 13.6. The molecule has 0 saturated carbocycles. The highest BCUT2D eigenvalue weighted by Gasteiger charge is 2.04. The van der Waals surface area contributed by atoms with E-state index < -0.39 is 0 Å². The molecule has 0 unspecified atom stereocenters. The standard InChI is InChI=1S/C18H22N2O3/c1-13(15-6-8-16(21-2)9-7-15)20-19-12-14-5-10-17(22-3)18(11-14)23-4/h5-11,19H,12H2,1-4H3/b20-13+. The predicted octanol–water partition coefficient (Wildman–Crippen LogP) is 3.23. The highest BCUT2D eigenvalue weighted by Crippen LogP contribution is 2.27. The first-order valence-corrected chi connectivity index (χ1v) is 7.30. The first kappa shape index (κ1) is 16.7. The molecule has 23 heavy (non-hydrogen) atoms. The summed E-state index contributed by atoms with van der Waals surface area (Å²) in [5.41, 5.74) is 6.10. The van der Waals surface area contributed by atoms with E-state index in [1.54, 1.807) is 21.3 Å². The highest BCUT2D eigenvalue weighted by molar-refractivity contribution is 5.98. The SMILES string of the molecule is COc1ccc(/C(C)=N/NCc2ccc(OC)c(OC)c2)cc1. The summed E-state index contributed by atoms with van der Waals surface area (Å²) in [6.45, 7) is 2.57. The van der Waals surface area contributed by atoms with Gasteiger partial charge in [0.25, 0.3) is 0 Å². The Morgan fingerprint density at radius 2 is 1.61 bits per heavy atom. The molecule has 5 heteroatoms. The molecular formula is C18H22N2O3. The van der Waals surface area contributed by atoms with E-state index in [1.165, 1.54) is 0 Å². The van der Waals surface area contributed by atoms with Gasteiger partial charge in [0.15, 0.2) is 11.5 Å². The van der Waals surface area contributed by atoms with Crippen LogP contribution in [-0.4, -0.2) is 27.0 Å². The number of hydrogen-bond acceptors (Lipinski definition) is 5. The summed E-state index contributed by atoms with van der Waals surface area (Å²) in [4.78, 5) is 0. The zero-order valence-corrected chi connectivity index (χ0v) is 13.9. The first-order chi connectivity index (χ1) is 11.2. The summed E-state index contributed by atoms with van der Waals surface area (Å²) in [6.07, 6.45) is 0. The van der Waals surface area contributed by atoms with Crippen LogP contribution in [0.5, 0.6) is 17.2 Å². The van der Waals surface area contributed by atoms with E-state index >= 15 is 0 Å². The van der Waals surface area contributed by atoms with Crippen LogP contribution in [0.3, 0.4) is 0 Å². The minimum atomic E-state index is 0.605. The molecule has 0 atom stereocenters. The van der Waals surface area contributed by atoms with E-state index in [-0.39, 0.29) is 0 Å². The number of rotatable bonds is 7. The lowest BCUT2D eigenvalue weighted by Gasteiger charge is -2.10. The Labute approximate surface area is 136 Å². The van der Waals surface area contributed by atoms with Crippen molar-refractivity contribution in [2.45, 2.75) is 13.5 Å². The molecule has 0 aromatic heterocycles. The molecule has 0 spiro atoms. The summed E-state index contributed by atoms with van der Waals surface area (Å²) < 4.78 is 15.7. The van der Waals surface area contributed by atoms with Crippen LogP contribution in [0.1, 0.15) is 18.1 Å². The minimum Gasteiger partial charge on any atom is -0.497 e. The number of nitrogens with one attached hydrogen (secondary N) is 1. The normalized spacial score (nSPS) is 11.0. The van der Waals surface area contributed by atoms with Crippen molar-refractivity contribution in [1.29, 1.82) is 0 Å². The molecule has 0 radical (unpaired) electrons. The number of ether oxygens (including phenoxy) is 3. The molecule has 0 aliphatic heterocycles. The number of hydrogen-bond donors (Lipinski definition) is 1. The Morgan fingerprint density at radius 3 is 2.22 bits per heavy atom. The van der Waals surface area contributed by atoms with E-state index in [0.29, 0.717) is 18.0 Å². The Morgan fingerprint density at radius 1 is 0.913 bits per heavy atom. The molecule has 0 saturated heterocycles. The van der Waals surface area contributed by atoms with Gasteiger partial charge in [0.2, 0.25) is 0 Å². The molecule has 5 nitrogen and oxygen atoms in total. The van der Waals surface area contributed by atoms with Gasteiger partial charge in [0.1, 0.15) is 5.75 Å². The maximum Gasteiger partial charge on any atom is 0.161 e. The van der Waals surface area contributed by atoms with Gasteiger partial charge in [-0.1, -0.05) is 6.07 Å². The highest BCUT2D eigenvalue weighted by atomic mass is 16.5. The smallest absolute Gasteiger partial charge is 0.161 e. The van der Waals surface area contributed by atoms with Gasteiger partial charge in [-0.25, -0.2) is 0 Å². The monoisotopic (exact) mass is 314 g/mol. The van der Waals surface area contributed by atoms with Gasteiger partial charge >= 0.3 is 0 Å². The molecular weight excluding hydrogens is 292 g/mol. The Bertz CT molecular complexity index is 666. The molecule has 1 N–H and O–H groups in total. The van der Waals surface area contributed by atoms with E-state index in [4.69, 9.17) is 14.2 Å². The Kier molecular flexibility index (Phi) is 5.86. The molecule has 0 bridgehead atoms. The van der Waals surface area contributed by atoms with E-state index in [0.717, 1.165) is 22.6 Å². The maximum absolute atomic E-state index is 5.29. The van der Waals surface area contributed by atoms with Crippen molar-refractivity contribution in [3.8, 4) is 17.2 Å². The quantitative estimate of drug-likeness (QED) is 0.630. The predicted molar refractivity (Wildman–Crippen MR) is 91.6 cm³/mol. The van der Waals surface area contributed by atoms with E-state index in [1.807, 2.05) is 49.4 Å². The third kappa shape index (κ3) is 4.39. The van der Waals surface area contributed by atoms with Gasteiger partial charge in [-0.2, -0.15) is 5.10 Å². The summed E-state index contributed by atoms with van der Waals surface area (Å²) >= 11 is 0. The van der Waals surface area contributed by atoms with Crippen LogP contribution in [0.15, 0.2) is 47.6 Å². The number of nitrogens with zero attached hydrogens (tertiary/aromatic N) is 1. The zero-order valence-electron chi connectivity index (χ0n) is 13.9. The van der Waals surface area contributed by atoms with Crippen molar-refractivity contribution in [3.63, 3.8) is 0 Å². The third-order valence-corrected chi connectivity index (χ3v) is 3.49. The molecule has 2 aromatic rings. The summed E-state index contributed by atoms with van der Waals surface area (Å²) in [5.74, 6) is 2.26. The van der Waals surface area contributed by atoms with Gasteiger partial charge in [0, 0.05) is 0 Å². The van der Waals surface area contributed by atoms with Crippen molar-refractivity contribution in [1.82, 2.24) is 5.43 Å². The molecule has 0 aliphatic carbocycles. The van der Waals surface area contributed by atoms with Crippen LogP contribution in [-0.2, 0) is 6.54 Å². The second-order valence-corrected chi connectivity index (χ2v) is 4.95.